The van der Waals surface area contributed by atoms with Crippen molar-refractivity contribution < 1.29 is 9.53 Å². The van der Waals surface area contributed by atoms with Gasteiger partial charge in [0, 0.05) is 41.8 Å². The van der Waals surface area contributed by atoms with Crippen LogP contribution in [0.5, 0.6) is 0 Å². The number of halogens is 1. The van der Waals surface area contributed by atoms with Crippen molar-refractivity contribution in [1.82, 2.24) is 24.6 Å². The molecule has 1 aliphatic heterocycles. The number of hydrogen-bond acceptors (Lipinski definition) is 6. The minimum atomic E-state index is -0.472. The van der Waals surface area contributed by atoms with Crippen molar-refractivity contribution in [3.63, 3.8) is 0 Å². The summed E-state index contributed by atoms with van der Waals surface area (Å²) in [5, 5.41) is 9.78. The fraction of sp³-hybridized carbons (Fsp3) is 0.200. The van der Waals surface area contributed by atoms with Crippen molar-refractivity contribution in [3.05, 3.63) is 89.7 Å². The molecule has 2 aromatic carbocycles. The number of morpholine rings is 1. The number of carbonyl (C=O) groups excluding carboxylic acids is 1. The molecule has 1 atom stereocenters. The van der Waals surface area contributed by atoms with Crippen LogP contribution in [0.25, 0.3) is 17.1 Å². The van der Waals surface area contributed by atoms with Gasteiger partial charge in [-0.3, -0.25) is 14.3 Å². The summed E-state index contributed by atoms with van der Waals surface area (Å²) < 4.78 is 7.41. The highest BCUT2D eigenvalue weighted by Crippen LogP contribution is 2.38. The van der Waals surface area contributed by atoms with Gasteiger partial charge in [0.1, 0.15) is 5.25 Å². The Balaban J connectivity index is 1.57. The minimum Gasteiger partial charge on any atom is -0.378 e. The van der Waals surface area contributed by atoms with Crippen molar-refractivity contribution in [2.45, 2.75) is 10.4 Å². The molecule has 1 aliphatic rings. The van der Waals surface area contributed by atoms with Crippen molar-refractivity contribution in [3.8, 4) is 17.1 Å². The third kappa shape index (κ3) is 4.84. The van der Waals surface area contributed by atoms with Crippen LogP contribution in [0.4, 0.5) is 0 Å². The van der Waals surface area contributed by atoms with E-state index in [4.69, 9.17) is 16.3 Å². The van der Waals surface area contributed by atoms with Gasteiger partial charge in [-0.1, -0.05) is 53.7 Å². The van der Waals surface area contributed by atoms with Gasteiger partial charge in [0.25, 0.3) is 0 Å². The highest BCUT2D eigenvalue weighted by molar-refractivity contribution is 8.00. The molecule has 0 unspecified atom stereocenters. The van der Waals surface area contributed by atoms with Crippen LogP contribution in [-0.4, -0.2) is 56.9 Å². The Morgan fingerprint density at radius 1 is 0.941 bits per heavy atom. The van der Waals surface area contributed by atoms with E-state index in [2.05, 4.69) is 15.2 Å². The van der Waals surface area contributed by atoms with Gasteiger partial charge in [0.2, 0.25) is 5.91 Å². The van der Waals surface area contributed by atoms with Crippen LogP contribution in [0.3, 0.4) is 0 Å². The number of aromatic nitrogens is 4. The summed E-state index contributed by atoms with van der Waals surface area (Å²) in [4.78, 5) is 19.6. The van der Waals surface area contributed by atoms with Crippen LogP contribution in [0.15, 0.2) is 84.3 Å². The average molecular weight is 492 g/mol. The molecule has 0 N–H and O–H groups in total. The molecule has 0 radical (unpaired) electrons. The number of benzene rings is 2. The first-order valence-electron chi connectivity index (χ1n) is 10.9. The lowest BCUT2D eigenvalue weighted by atomic mass is 10.1. The van der Waals surface area contributed by atoms with E-state index in [0.29, 0.717) is 42.3 Å². The largest absolute Gasteiger partial charge is 0.378 e. The Bertz CT molecular complexity index is 1250. The van der Waals surface area contributed by atoms with E-state index in [1.807, 2.05) is 76.2 Å². The smallest absolute Gasteiger partial charge is 0.240 e. The Labute approximate surface area is 206 Å². The molecule has 1 saturated heterocycles. The molecule has 0 aliphatic carbocycles. The summed E-state index contributed by atoms with van der Waals surface area (Å²) in [6, 6.07) is 21.1. The summed E-state index contributed by atoms with van der Waals surface area (Å²) in [5.41, 5.74) is 2.65. The maximum absolute atomic E-state index is 13.6. The molecule has 0 bridgehead atoms. The number of pyridine rings is 1. The van der Waals surface area contributed by atoms with E-state index in [1.165, 1.54) is 11.8 Å². The molecule has 3 heterocycles. The lowest BCUT2D eigenvalue weighted by Gasteiger charge is -2.30. The van der Waals surface area contributed by atoms with E-state index in [9.17, 15) is 4.79 Å². The molecule has 0 spiro atoms. The van der Waals surface area contributed by atoms with Gasteiger partial charge in [-0.15, -0.1) is 10.2 Å². The number of hydrogen-bond donors (Lipinski definition) is 0. The maximum Gasteiger partial charge on any atom is 0.240 e. The predicted octanol–water partition coefficient (Wildman–Crippen LogP) is 4.67. The first kappa shape index (κ1) is 22.6. The quantitative estimate of drug-likeness (QED) is 0.365. The third-order valence-electron chi connectivity index (χ3n) is 5.53. The summed E-state index contributed by atoms with van der Waals surface area (Å²) in [5.74, 6) is 0.702. The molecule has 4 aromatic rings. The third-order valence-corrected chi connectivity index (χ3v) is 6.97. The monoisotopic (exact) mass is 491 g/mol. The molecule has 0 saturated carbocycles. The highest BCUT2D eigenvalue weighted by atomic mass is 35.5. The van der Waals surface area contributed by atoms with Gasteiger partial charge >= 0.3 is 0 Å². The van der Waals surface area contributed by atoms with Crippen LogP contribution in [0.2, 0.25) is 5.02 Å². The highest BCUT2D eigenvalue weighted by Gasteiger charge is 2.30. The number of thioether (sulfide) groups is 1. The summed E-state index contributed by atoms with van der Waals surface area (Å²) in [6.07, 6.45) is 3.44. The second-order valence-corrected chi connectivity index (χ2v) is 9.21. The van der Waals surface area contributed by atoms with Crippen molar-refractivity contribution in [2.75, 3.05) is 26.3 Å². The van der Waals surface area contributed by atoms with E-state index in [-0.39, 0.29) is 5.91 Å². The molecule has 9 heteroatoms. The molecule has 1 amide bonds. The SMILES string of the molecule is O=C([C@@H](Sc1nnc(-c2ccncc2)n1-c1ccc(Cl)cc1)c1ccccc1)N1CCOCC1. The van der Waals surface area contributed by atoms with Gasteiger partial charge < -0.3 is 9.64 Å². The van der Waals surface area contributed by atoms with E-state index in [0.717, 1.165) is 16.8 Å². The fourth-order valence-corrected chi connectivity index (χ4v) is 5.07. The molecular weight excluding hydrogens is 470 g/mol. The Morgan fingerprint density at radius 2 is 1.65 bits per heavy atom. The lowest BCUT2D eigenvalue weighted by Crippen LogP contribution is -2.42. The Morgan fingerprint density at radius 3 is 2.35 bits per heavy atom. The van der Waals surface area contributed by atoms with Crippen LogP contribution >= 0.6 is 23.4 Å². The molecule has 172 valence electrons. The van der Waals surface area contributed by atoms with Crippen molar-refractivity contribution in [2.24, 2.45) is 0 Å². The van der Waals surface area contributed by atoms with E-state index < -0.39 is 5.25 Å². The van der Waals surface area contributed by atoms with Crippen LogP contribution in [0, 0.1) is 0 Å². The fourth-order valence-electron chi connectivity index (χ4n) is 3.80. The van der Waals surface area contributed by atoms with Gasteiger partial charge in [-0.2, -0.15) is 0 Å². The summed E-state index contributed by atoms with van der Waals surface area (Å²) in [7, 11) is 0. The molecule has 7 nitrogen and oxygen atoms in total. The van der Waals surface area contributed by atoms with Gasteiger partial charge in [-0.25, -0.2) is 0 Å². The van der Waals surface area contributed by atoms with Crippen LogP contribution < -0.4 is 0 Å². The average Bonchev–Trinajstić information content (AvgIpc) is 3.32. The summed E-state index contributed by atoms with van der Waals surface area (Å²) in [6.45, 7) is 2.25. The predicted molar refractivity (Wildman–Crippen MR) is 132 cm³/mol. The number of nitrogens with zero attached hydrogens (tertiary/aromatic N) is 5. The molecule has 1 fully saturated rings. The zero-order valence-electron chi connectivity index (χ0n) is 18.3. The Kier molecular flexibility index (Phi) is 6.89. The topological polar surface area (TPSA) is 73.1 Å². The summed E-state index contributed by atoms with van der Waals surface area (Å²) >= 11 is 7.54. The number of carbonyl (C=O) groups is 1. The van der Waals surface area contributed by atoms with Crippen molar-refractivity contribution >= 4 is 29.3 Å². The number of amides is 1. The normalized spacial score (nSPS) is 14.7. The number of rotatable bonds is 6. The molecular formula is C25H22ClN5O2S. The second kappa shape index (κ2) is 10.4. The van der Waals surface area contributed by atoms with Gasteiger partial charge in [0.05, 0.1) is 13.2 Å². The molecule has 34 heavy (non-hydrogen) atoms. The van der Waals surface area contributed by atoms with Gasteiger partial charge in [-0.05, 0) is 42.0 Å². The zero-order chi connectivity index (χ0) is 23.3. The first-order chi connectivity index (χ1) is 16.7. The number of ether oxygens (including phenoxy) is 1. The maximum atomic E-state index is 13.6. The molecule has 2 aromatic heterocycles. The van der Waals surface area contributed by atoms with Gasteiger partial charge in [0.15, 0.2) is 11.0 Å². The first-order valence-corrected chi connectivity index (χ1v) is 12.2. The van der Waals surface area contributed by atoms with Crippen molar-refractivity contribution in [1.29, 1.82) is 0 Å². The minimum absolute atomic E-state index is 0.0376. The standard InChI is InChI=1S/C25H22ClN5O2S/c26-20-6-8-21(9-7-20)31-23(19-10-12-27-13-11-19)28-29-25(31)34-22(18-4-2-1-3-5-18)24(32)30-14-16-33-17-15-30/h1-13,22H,14-17H2/t22-/m0/s1. The van der Waals surface area contributed by atoms with E-state index in [1.54, 1.807) is 12.4 Å². The van der Waals surface area contributed by atoms with E-state index >= 15 is 0 Å². The molecule has 5 rings (SSSR count). The Hall–Kier alpha value is -3.20. The lowest BCUT2D eigenvalue weighted by molar-refractivity contribution is -0.134. The second-order valence-electron chi connectivity index (χ2n) is 7.70. The zero-order valence-corrected chi connectivity index (χ0v) is 19.8. The van der Waals surface area contributed by atoms with Crippen LogP contribution in [0.1, 0.15) is 10.8 Å². The van der Waals surface area contributed by atoms with Crippen LogP contribution in [-0.2, 0) is 9.53 Å².